The van der Waals surface area contributed by atoms with Crippen LogP contribution >= 0.6 is 0 Å². The van der Waals surface area contributed by atoms with Gasteiger partial charge in [0.15, 0.2) is 0 Å². The fourth-order valence-corrected chi connectivity index (χ4v) is 3.49. The molecule has 0 saturated carbocycles. The van der Waals surface area contributed by atoms with Crippen molar-refractivity contribution in [3.63, 3.8) is 0 Å². The molecule has 0 aliphatic heterocycles. The summed E-state index contributed by atoms with van der Waals surface area (Å²) in [6.07, 6.45) is 0.600. The predicted octanol–water partition coefficient (Wildman–Crippen LogP) is 2.18. The van der Waals surface area contributed by atoms with Crippen LogP contribution in [0.15, 0.2) is 11.8 Å². The van der Waals surface area contributed by atoms with Gasteiger partial charge in [0.25, 0.3) is 0 Å². The van der Waals surface area contributed by atoms with E-state index >= 15 is 0 Å². The van der Waals surface area contributed by atoms with Crippen molar-refractivity contribution in [3.8, 4) is 0 Å². The number of esters is 1. The molecule has 0 aromatic carbocycles. The lowest BCUT2D eigenvalue weighted by atomic mass is 10.4. The Hall–Kier alpha value is -0.653. The number of rotatable bonds is 8. The first-order valence-corrected chi connectivity index (χ1v) is 7.87. The van der Waals surface area contributed by atoms with E-state index in [1.807, 2.05) is 20.4 Å². The summed E-state index contributed by atoms with van der Waals surface area (Å²) < 4.78 is 16.2. The van der Waals surface area contributed by atoms with Crippen LogP contribution in [0.4, 0.5) is 0 Å². The lowest BCUT2D eigenvalue weighted by molar-refractivity contribution is -0.140. The van der Waals surface area contributed by atoms with Crippen molar-refractivity contribution >= 4 is 14.5 Å². The van der Waals surface area contributed by atoms with Crippen LogP contribution in [0.3, 0.4) is 0 Å². The Morgan fingerprint density at radius 2 is 1.75 bits per heavy atom. The van der Waals surface area contributed by atoms with Crippen LogP contribution in [0, 0.1) is 0 Å². The van der Waals surface area contributed by atoms with Gasteiger partial charge in [0, 0.05) is 26.6 Å². The molecule has 0 radical (unpaired) electrons. The highest BCUT2D eigenvalue weighted by Crippen LogP contribution is 2.19. The summed E-state index contributed by atoms with van der Waals surface area (Å²) in [5.41, 5.74) is 0. The van der Waals surface area contributed by atoms with Crippen molar-refractivity contribution in [2.45, 2.75) is 33.7 Å². The number of carbonyl (C=O) groups excluding carboxylic acids is 1. The Kier molecular flexibility index (Phi) is 7.28. The lowest BCUT2D eigenvalue weighted by Crippen LogP contribution is -2.41. The third-order valence-electron chi connectivity index (χ3n) is 2.19. The first-order valence-electron chi connectivity index (χ1n) is 5.55. The molecule has 4 nitrogen and oxygen atoms in total. The molecule has 0 rings (SSSR count). The van der Waals surface area contributed by atoms with E-state index in [1.165, 1.54) is 6.92 Å². The highest BCUT2D eigenvalue weighted by Gasteiger charge is 2.34. The van der Waals surface area contributed by atoms with Gasteiger partial charge >= 0.3 is 14.5 Å². The van der Waals surface area contributed by atoms with E-state index in [2.05, 4.69) is 6.58 Å². The van der Waals surface area contributed by atoms with Crippen LogP contribution in [0.1, 0.15) is 27.2 Å². The number of carbonyl (C=O) groups is 1. The third-order valence-corrected chi connectivity index (χ3v) is 5.40. The van der Waals surface area contributed by atoms with Crippen molar-refractivity contribution in [1.29, 1.82) is 0 Å². The van der Waals surface area contributed by atoms with Crippen LogP contribution in [0.25, 0.3) is 0 Å². The molecule has 16 heavy (non-hydrogen) atoms. The zero-order valence-electron chi connectivity index (χ0n) is 10.7. The van der Waals surface area contributed by atoms with Crippen molar-refractivity contribution in [2.24, 2.45) is 0 Å². The Bertz CT molecular complexity index is 234. The number of hydrogen-bond donors (Lipinski definition) is 0. The molecule has 0 aliphatic rings. The second kappa shape index (κ2) is 7.59. The lowest BCUT2D eigenvalue weighted by Gasteiger charge is -2.27. The van der Waals surface area contributed by atoms with Crippen LogP contribution < -0.4 is 0 Å². The third kappa shape index (κ3) is 5.44. The first kappa shape index (κ1) is 15.3. The van der Waals surface area contributed by atoms with Gasteiger partial charge in [0.05, 0.1) is 6.61 Å². The van der Waals surface area contributed by atoms with Gasteiger partial charge in [-0.25, -0.2) is 0 Å². The summed E-state index contributed by atoms with van der Waals surface area (Å²) in [6.45, 7) is 12.8. The van der Waals surface area contributed by atoms with Crippen molar-refractivity contribution in [3.05, 3.63) is 11.8 Å². The molecule has 0 saturated heterocycles. The van der Waals surface area contributed by atoms with E-state index in [0.29, 0.717) is 26.2 Å². The summed E-state index contributed by atoms with van der Waals surface area (Å²) in [7, 11) is -2.31. The van der Waals surface area contributed by atoms with Gasteiger partial charge in [-0.3, -0.25) is 4.79 Å². The molecular formula is C11H22O4Si. The van der Waals surface area contributed by atoms with Gasteiger partial charge in [-0.15, -0.1) is 0 Å². The average Bonchev–Trinajstić information content (AvgIpc) is 2.17. The Morgan fingerprint density at radius 3 is 2.12 bits per heavy atom. The highest BCUT2D eigenvalue weighted by atomic mass is 28.4. The van der Waals surface area contributed by atoms with E-state index < -0.39 is 8.56 Å². The zero-order valence-corrected chi connectivity index (χ0v) is 11.7. The smallest absolute Gasteiger partial charge is 0.364 e. The predicted molar refractivity (Wildman–Crippen MR) is 65.3 cm³/mol. The minimum absolute atomic E-state index is 0.274. The summed E-state index contributed by atoms with van der Waals surface area (Å²) in [6, 6.07) is 0. The maximum Gasteiger partial charge on any atom is 0.364 e. The van der Waals surface area contributed by atoms with E-state index in [4.69, 9.17) is 13.6 Å². The minimum atomic E-state index is -2.31. The molecule has 0 N–H and O–H groups in total. The molecule has 0 bridgehead atoms. The molecule has 0 aliphatic carbocycles. The molecule has 0 aromatic rings. The topological polar surface area (TPSA) is 44.8 Å². The fraction of sp³-hybridized carbons (Fsp3) is 0.727. The Balaban J connectivity index is 4.21. The van der Waals surface area contributed by atoms with Crippen molar-refractivity contribution in [2.75, 3.05) is 19.8 Å². The van der Waals surface area contributed by atoms with Gasteiger partial charge in [-0.2, -0.15) is 0 Å². The molecule has 0 spiro atoms. The second-order valence-electron chi connectivity index (χ2n) is 3.51. The second-order valence-corrected chi connectivity index (χ2v) is 6.68. The normalized spacial score (nSPS) is 11.2. The van der Waals surface area contributed by atoms with E-state index in [0.717, 1.165) is 5.20 Å². The maximum absolute atomic E-state index is 10.6. The minimum Gasteiger partial charge on any atom is -0.466 e. The summed E-state index contributed by atoms with van der Waals surface area (Å²) >= 11 is 0. The molecule has 0 unspecified atom stereocenters. The average molecular weight is 246 g/mol. The fourth-order valence-electron chi connectivity index (χ4n) is 1.34. The van der Waals surface area contributed by atoms with Crippen LogP contribution in [-0.2, 0) is 18.4 Å². The molecular weight excluding hydrogens is 224 g/mol. The van der Waals surface area contributed by atoms with Crippen molar-refractivity contribution in [1.82, 2.24) is 0 Å². The Labute approximate surface area is 98.8 Å². The number of ether oxygens (including phenoxy) is 1. The number of hydrogen-bond acceptors (Lipinski definition) is 4. The monoisotopic (exact) mass is 246 g/mol. The SMILES string of the molecule is C=C(CCOC(C)=O)[Si](C)(OCC)OCC. The maximum atomic E-state index is 10.6. The van der Waals surface area contributed by atoms with Crippen LogP contribution in [0.5, 0.6) is 0 Å². The standard InChI is InChI=1S/C11H22O4Si/c1-6-14-16(5,15-7-2)10(3)8-9-13-11(4)12/h3,6-9H2,1-2,4-5H3. The quantitative estimate of drug-likeness (QED) is 0.486. The molecule has 0 aromatic heterocycles. The molecule has 0 fully saturated rings. The van der Waals surface area contributed by atoms with Gasteiger partial charge in [-0.1, -0.05) is 6.58 Å². The Morgan fingerprint density at radius 1 is 1.25 bits per heavy atom. The molecule has 0 heterocycles. The summed E-state index contributed by atoms with van der Waals surface area (Å²) in [5.74, 6) is -0.274. The van der Waals surface area contributed by atoms with Gasteiger partial charge in [-0.05, 0) is 25.6 Å². The first-order chi connectivity index (χ1) is 7.46. The van der Waals surface area contributed by atoms with Gasteiger partial charge in [0.1, 0.15) is 0 Å². The van der Waals surface area contributed by atoms with Crippen molar-refractivity contribution < 1.29 is 18.4 Å². The zero-order chi connectivity index (χ0) is 12.6. The molecule has 5 heteroatoms. The summed E-state index contributed by atoms with van der Waals surface area (Å²) in [5, 5.41) is 0.914. The highest BCUT2D eigenvalue weighted by molar-refractivity contribution is 6.73. The molecule has 0 amide bonds. The van der Waals surface area contributed by atoms with E-state index in [-0.39, 0.29) is 5.97 Å². The molecule has 0 atom stereocenters. The largest absolute Gasteiger partial charge is 0.466 e. The van der Waals surface area contributed by atoms with Gasteiger partial charge < -0.3 is 13.6 Å². The van der Waals surface area contributed by atoms with E-state index in [1.54, 1.807) is 0 Å². The summed E-state index contributed by atoms with van der Waals surface area (Å²) in [4.78, 5) is 10.6. The molecule has 94 valence electrons. The van der Waals surface area contributed by atoms with Crippen LogP contribution in [-0.4, -0.2) is 34.4 Å². The van der Waals surface area contributed by atoms with E-state index in [9.17, 15) is 4.79 Å². The van der Waals surface area contributed by atoms with Gasteiger partial charge in [0.2, 0.25) is 0 Å². The van der Waals surface area contributed by atoms with Crippen LogP contribution in [0.2, 0.25) is 6.55 Å².